The highest BCUT2D eigenvalue weighted by atomic mass is 16.5. The van der Waals surface area contributed by atoms with Crippen molar-refractivity contribution in [3.63, 3.8) is 0 Å². The summed E-state index contributed by atoms with van der Waals surface area (Å²) in [5.41, 5.74) is 2.77. The topological polar surface area (TPSA) is 106 Å². The summed E-state index contributed by atoms with van der Waals surface area (Å²) in [5, 5.41) is 19.9. The van der Waals surface area contributed by atoms with Gasteiger partial charge in [0.1, 0.15) is 11.8 Å². The first-order chi connectivity index (χ1) is 15.5. The predicted octanol–water partition coefficient (Wildman–Crippen LogP) is 2.79. The molecule has 0 unspecified atom stereocenters. The van der Waals surface area contributed by atoms with Crippen LogP contribution in [0.1, 0.15) is 18.9 Å². The first kappa shape index (κ1) is 23.1. The van der Waals surface area contributed by atoms with E-state index in [1.807, 2.05) is 48.5 Å². The van der Waals surface area contributed by atoms with E-state index in [1.54, 1.807) is 11.8 Å². The fourth-order valence-electron chi connectivity index (χ4n) is 3.67. The molecule has 1 atom stereocenters. The van der Waals surface area contributed by atoms with Crippen molar-refractivity contribution in [3.05, 3.63) is 54.1 Å². The van der Waals surface area contributed by atoms with Crippen molar-refractivity contribution in [1.29, 1.82) is 5.26 Å². The molecule has 0 radical (unpaired) electrons. The Morgan fingerprint density at radius 1 is 1.06 bits per heavy atom. The normalized spacial score (nSPS) is 14.9. The summed E-state index contributed by atoms with van der Waals surface area (Å²) in [6.45, 7) is 5.79. The Morgan fingerprint density at radius 3 is 2.22 bits per heavy atom. The maximum Gasteiger partial charge on any atom is 0.405 e. The third-order valence-electron chi connectivity index (χ3n) is 5.48. The van der Waals surface area contributed by atoms with Crippen molar-refractivity contribution in [2.75, 3.05) is 39.3 Å². The number of piperazine rings is 1. The van der Waals surface area contributed by atoms with Crippen molar-refractivity contribution in [1.82, 2.24) is 15.1 Å². The average molecular weight is 437 g/mol. The molecule has 0 saturated carbocycles. The lowest BCUT2D eigenvalue weighted by Gasteiger charge is -2.35. The molecule has 0 spiro atoms. The van der Waals surface area contributed by atoms with Gasteiger partial charge in [0.2, 0.25) is 5.91 Å². The summed E-state index contributed by atoms with van der Waals surface area (Å²) in [5.74, 6) is 0.637. The van der Waals surface area contributed by atoms with Crippen LogP contribution in [0.4, 0.5) is 4.79 Å². The Labute approximate surface area is 188 Å². The lowest BCUT2D eigenvalue weighted by Crippen LogP contribution is -2.54. The minimum atomic E-state index is -1.19. The van der Waals surface area contributed by atoms with Crippen LogP contribution in [-0.4, -0.2) is 72.3 Å². The quantitative estimate of drug-likeness (QED) is 0.617. The standard InChI is InChI=1S/C24H28N4O4/c1-18(26-24(30)31)23(29)28-14-12-27(13-15-28)11-2-16-32-22-9-7-21(8-10-22)20-5-3-19(17-25)4-6-20/h3-10,18,26H,2,11-16H2,1H3,(H,30,31)/t18-/m0/s1. The maximum atomic E-state index is 12.2. The molecule has 2 aromatic carbocycles. The Kier molecular flexibility index (Phi) is 8.06. The molecule has 1 aliphatic heterocycles. The highest BCUT2D eigenvalue weighted by Gasteiger charge is 2.25. The Bertz CT molecular complexity index is 945. The molecule has 2 amide bonds. The number of ether oxygens (including phenoxy) is 1. The smallest absolute Gasteiger partial charge is 0.405 e. The summed E-state index contributed by atoms with van der Waals surface area (Å²) in [4.78, 5) is 26.9. The molecule has 8 heteroatoms. The highest BCUT2D eigenvalue weighted by molar-refractivity contribution is 5.85. The number of carbonyl (C=O) groups is 2. The van der Waals surface area contributed by atoms with Gasteiger partial charge >= 0.3 is 6.09 Å². The van der Waals surface area contributed by atoms with Gasteiger partial charge in [0, 0.05) is 32.7 Å². The lowest BCUT2D eigenvalue weighted by atomic mass is 10.0. The van der Waals surface area contributed by atoms with Gasteiger partial charge in [-0.2, -0.15) is 5.26 Å². The number of hydrogen-bond donors (Lipinski definition) is 2. The van der Waals surface area contributed by atoms with Crippen LogP contribution in [0.5, 0.6) is 5.75 Å². The number of carboxylic acid groups (broad SMARTS) is 1. The molecular formula is C24H28N4O4. The number of rotatable bonds is 8. The molecular weight excluding hydrogens is 408 g/mol. The summed E-state index contributed by atoms with van der Waals surface area (Å²) in [7, 11) is 0. The second-order valence-electron chi connectivity index (χ2n) is 7.75. The number of benzene rings is 2. The zero-order valence-electron chi connectivity index (χ0n) is 18.2. The van der Waals surface area contributed by atoms with Gasteiger partial charge in [0.25, 0.3) is 0 Å². The highest BCUT2D eigenvalue weighted by Crippen LogP contribution is 2.23. The Balaban J connectivity index is 1.36. The van der Waals surface area contributed by atoms with Crippen molar-refractivity contribution in [3.8, 4) is 22.9 Å². The zero-order valence-corrected chi connectivity index (χ0v) is 18.2. The van der Waals surface area contributed by atoms with Gasteiger partial charge in [-0.3, -0.25) is 9.69 Å². The van der Waals surface area contributed by atoms with Crippen molar-refractivity contribution >= 4 is 12.0 Å². The van der Waals surface area contributed by atoms with Crippen LogP contribution in [0.2, 0.25) is 0 Å². The number of hydrogen-bond acceptors (Lipinski definition) is 5. The molecule has 2 aromatic rings. The predicted molar refractivity (Wildman–Crippen MR) is 120 cm³/mol. The van der Waals surface area contributed by atoms with Crippen LogP contribution in [0.15, 0.2) is 48.5 Å². The van der Waals surface area contributed by atoms with Crippen molar-refractivity contribution < 1.29 is 19.4 Å². The molecule has 0 aliphatic carbocycles. The first-order valence-corrected chi connectivity index (χ1v) is 10.7. The van der Waals surface area contributed by atoms with Gasteiger partial charge in [-0.1, -0.05) is 24.3 Å². The van der Waals surface area contributed by atoms with E-state index in [4.69, 9.17) is 15.1 Å². The molecule has 32 heavy (non-hydrogen) atoms. The number of nitriles is 1. The average Bonchev–Trinajstić information content (AvgIpc) is 2.82. The van der Waals surface area contributed by atoms with Crippen LogP contribution < -0.4 is 10.1 Å². The van der Waals surface area contributed by atoms with Gasteiger partial charge in [0.05, 0.1) is 18.2 Å². The lowest BCUT2D eigenvalue weighted by molar-refractivity contribution is -0.134. The molecule has 2 N–H and O–H groups in total. The number of nitrogens with zero attached hydrogens (tertiary/aromatic N) is 3. The van der Waals surface area contributed by atoms with E-state index in [9.17, 15) is 9.59 Å². The van der Waals surface area contributed by atoms with Gasteiger partial charge in [-0.05, 0) is 48.7 Å². The monoisotopic (exact) mass is 436 g/mol. The van der Waals surface area contributed by atoms with E-state index in [1.165, 1.54) is 0 Å². The maximum absolute atomic E-state index is 12.2. The summed E-state index contributed by atoms with van der Waals surface area (Å²) in [6, 6.07) is 16.8. The van der Waals surface area contributed by atoms with Gasteiger partial charge in [-0.15, -0.1) is 0 Å². The fraction of sp³-hybridized carbons (Fsp3) is 0.375. The molecule has 1 heterocycles. The third-order valence-corrected chi connectivity index (χ3v) is 5.48. The molecule has 1 fully saturated rings. The van der Waals surface area contributed by atoms with Gasteiger partial charge in [-0.25, -0.2) is 4.79 Å². The SMILES string of the molecule is C[C@H](NC(=O)O)C(=O)N1CCN(CCCOc2ccc(-c3ccc(C#N)cc3)cc2)CC1. The van der Waals surface area contributed by atoms with Crippen molar-refractivity contribution in [2.45, 2.75) is 19.4 Å². The Morgan fingerprint density at radius 2 is 1.66 bits per heavy atom. The summed E-state index contributed by atoms with van der Waals surface area (Å²) < 4.78 is 5.85. The second kappa shape index (κ2) is 11.2. The second-order valence-corrected chi connectivity index (χ2v) is 7.75. The largest absolute Gasteiger partial charge is 0.494 e. The van der Waals surface area contributed by atoms with E-state index in [2.05, 4.69) is 16.3 Å². The zero-order chi connectivity index (χ0) is 22.9. The minimum absolute atomic E-state index is 0.181. The van der Waals surface area contributed by atoms with E-state index in [0.29, 0.717) is 25.3 Å². The molecule has 1 aliphatic rings. The van der Waals surface area contributed by atoms with E-state index in [0.717, 1.165) is 42.9 Å². The fourth-order valence-corrected chi connectivity index (χ4v) is 3.67. The summed E-state index contributed by atoms with van der Waals surface area (Å²) >= 11 is 0. The Hall–Kier alpha value is -3.57. The third kappa shape index (κ3) is 6.46. The van der Waals surface area contributed by atoms with Crippen LogP contribution in [0.25, 0.3) is 11.1 Å². The molecule has 168 valence electrons. The van der Waals surface area contributed by atoms with Crippen LogP contribution in [-0.2, 0) is 4.79 Å². The minimum Gasteiger partial charge on any atom is -0.494 e. The molecule has 3 rings (SSSR count). The van der Waals surface area contributed by atoms with E-state index >= 15 is 0 Å². The molecule has 8 nitrogen and oxygen atoms in total. The van der Waals surface area contributed by atoms with E-state index < -0.39 is 12.1 Å². The van der Waals surface area contributed by atoms with E-state index in [-0.39, 0.29) is 5.91 Å². The molecule has 0 bridgehead atoms. The number of carbonyl (C=O) groups excluding carboxylic acids is 1. The van der Waals surface area contributed by atoms with Gasteiger partial charge in [0.15, 0.2) is 0 Å². The molecule has 1 saturated heterocycles. The van der Waals surface area contributed by atoms with Crippen molar-refractivity contribution in [2.24, 2.45) is 0 Å². The first-order valence-electron chi connectivity index (χ1n) is 10.7. The van der Waals surface area contributed by atoms with Crippen LogP contribution in [0, 0.1) is 11.3 Å². The molecule has 0 aromatic heterocycles. The van der Waals surface area contributed by atoms with Crippen LogP contribution >= 0.6 is 0 Å². The number of amides is 2. The number of nitrogens with one attached hydrogen (secondary N) is 1. The van der Waals surface area contributed by atoms with Gasteiger partial charge < -0.3 is 20.1 Å². The van der Waals surface area contributed by atoms with Crippen LogP contribution in [0.3, 0.4) is 0 Å². The summed E-state index contributed by atoms with van der Waals surface area (Å²) in [6.07, 6.45) is -0.309.